The molecule has 0 saturated carbocycles. The van der Waals surface area contributed by atoms with E-state index in [1.165, 1.54) is 6.08 Å². The molecule has 0 aliphatic carbocycles. The lowest BCUT2D eigenvalue weighted by molar-refractivity contribution is -0.112. The van der Waals surface area contributed by atoms with Crippen LogP contribution in [0.3, 0.4) is 0 Å². The van der Waals surface area contributed by atoms with Crippen molar-refractivity contribution in [3.63, 3.8) is 0 Å². The maximum atomic E-state index is 12.5. The van der Waals surface area contributed by atoms with E-state index in [4.69, 9.17) is 4.74 Å². The van der Waals surface area contributed by atoms with E-state index in [-0.39, 0.29) is 5.57 Å². The van der Waals surface area contributed by atoms with Crippen LogP contribution < -0.4 is 10.1 Å². The highest BCUT2D eigenvalue weighted by Gasteiger charge is 2.11. The molecule has 3 rings (SSSR count). The summed E-state index contributed by atoms with van der Waals surface area (Å²) in [6, 6.07) is 21.2. The van der Waals surface area contributed by atoms with Crippen molar-refractivity contribution in [2.75, 3.05) is 5.32 Å². The van der Waals surface area contributed by atoms with Crippen molar-refractivity contribution in [3.8, 4) is 11.8 Å². The molecule has 0 aliphatic heterocycles. The average Bonchev–Trinajstić information content (AvgIpc) is 2.76. The van der Waals surface area contributed by atoms with Crippen LogP contribution in [0.25, 0.3) is 6.08 Å². The summed E-state index contributed by atoms with van der Waals surface area (Å²) >= 11 is 0. The van der Waals surface area contributed by atoms with Gasteiger partial charge in [0.05, 0.1) is 5.56 Å². The number of carbonyl (C=O) groups excluding carboxylic acids is 2. The Kier molecular flexibility index (Phi) is 6.64. The van der Waals surface area contributed by atoms with Crippen LogP contribution in [-0.2, 0) is 4.79 Å². The summed E-state index contributed by atoms with van der Waals surface area (Å²) in [5, 5.41) is 12.1. The molecule has 0 aromatic heterocycles. The van der Waals surface area contributed by atoms with Gasteiger partial charge < -0.3 is 10.1 Å². The topological polar surface area (TPSA) is 79.2 Å². The standard InChI is InChI=1S/C26H22N2O3/c1-17-4-9-21(10-5-17)26(30)31-24-12-7-20(8-13-24)15-22(16-27)25(29)28-23-11-6-18(2)19(3)14-23/h4-15H,1-3H3,(H,28,29). The Labute approximate surface area is 181 Å². The van der Waals surface area contributed by atoms with Crippen molar-refractivity contribution in [2.24, 2.45) is 0 Å². The minimum absolute atomic E-state index is 0.0253. The number of hydrogen-bond donors (Lipinski definition) is 1. The third-order valence-corrected chi connectivity index (χ3v) is 4.82. The van der Waals surface area contributed by atoms with E-state index in [0.29, 0.717) is 22.6 Å². The van der Waals surface area contributed by atoms with Crippen LogP contribution in [0.1, 0.15) is 32.6 Å². The van der Waals surface area contributed by atoms with Crippen LogP contribution in [0, 0.1) is 32.1 Å². The molecule has 3 aromatic rings. The normalized spacial score (nSPS) is 10.8. The van der Waals surface area contributed by atoms with Crippen LogP contribution in [0.4, 0.5) is 5.69 Å². The number of nitrogens with zero attached hydrogens (tertiary/aromatic N) is 1. The van der Waals surface area contributed by atoms with Gasteiger partial charge in [0.25, 0.3) is 5.91 Å². The maximum absolute atomic E-state index is 12.5. The van der Waals surface area contributed by atoms with E-state index < -0.39 is 11.9 Å². The fourth-order valence-corrected chi connectivity index (χ4v) is 2.82. The van der Waals surface area contributed by atoms with E-state index in [2.05, 4.69) is 5.32 Å². The van der Waals surface area contributed by atoms with Crippen molar-refractivity contribution >= 4 is 23.6 Å². The Morgan fingerprint density at radius 1 is 0.903 bits per heavy atom. The fraction of sp³-hybridized carbons (Fsp3) is 0.115. The van der Waals surface area contributed by atoms with Gasteiger partial charge in [-0.3, -0.25) is 4.79 Å². The fourth-order valence-electron chi connectivity index (χ4n) is 2.82. The number of benzene rings is 3. The molecule has 1 N–H and O–H groups in total. The molecule has 3 aromatic carbocycles. The second-order valence-corrected chi connectivity index (χ2v) is 7.25. The van der Waals surface area contributed by atoms with Gasteiger partial charge in [0.15, 0.2) is 0 Å². The molecular weight excluding hydrogens is 388 g/mol. The number of esters is 1. The highest BCUT2D eigenvalue weighted by Crippen LogP contribution is 2.18. The van der Waals surface area contributed by atoms with Crippen molar-refractivity contribution < 1.29 is 14.3 Å². The number of ether oxygens (including phenoxy) is 1. The van der Waals surface area contributed by atoms with Crippen molar-refractivity contribution in [1.82, 2.24) is 0 Å². The van der Waals surface area contributed by atoms with Gasteiger partial charge in [0.2, 0.25) is 0 Å². The van der Waals surface area contributed by atoms with Gasteiger partial charge in [0.1, 0.15) is 17.4 Å². The monoisotopic (exact) mass is 410 g/mol. The number of nitriles is 1. The lowest BCUT2D eigenvalue weighted by atomic mass is 10.1. The molecule has 0 unspecified atom stereocenters. The Morgan fingerprint density at radius 3 is 2.19 bits per heavy atom. The SMILES string of the molecule is Cc1ccc(C(=O)Oc2ccc(C=C(C#N)C(=O)Nc3ccc(C)c(C)c3)cc2)cc1. The maximum Gasteiger partial charge on any atom is 0.343 e. The molecule has 0 saturated heterocycles. The summed E-state index contributed by atoms with van der Waals surface area (Å²) in [6.07, 6.45) is 1.49. The number of carbonyl (C=O) groups is 2. The van der Waals surface area contributed by atoms with Gasteiger partial charge in [-0.15, -0.1) is 0 Å². The predicted molar refractivity (Wildman–Crippen MR) is 121 cm³/mol. The van der Waals surface area contributed by atoms with Gasteiger partial charge >= 0.3 is 5.97 Å². The summed E-state index contributed by atoms with van der Waals surface area (Å²) in [5.74, 6) is -0.560. The first-order valence-electron chi connectivity index (χ1n) is 9.75. The molecule has 5 heteroatoms. The smallest absolute Gasteiger partial charge is 0.343 e. The molecular formula is C26H22N2O3. The van der Waals surface area contributed by atoms with Gasteiger partial charge in [-0.05, 0) is 79.9 Å². The Morgan fingerprint density at radius 2 is 1.58 bits per heavy atom. The molecule has 31 heavy (non-hydrogen) atoms. The second kappa shape index (κ2) is 9.55. The summed E-state index contributed by atoms with van der Waals surface area (Å²) in [7, 11) is 0. The van der Waals surface area contributed by atoms with E-state index in [9.17, 15) is 14.9 Å². The Hall–Kier alpha value is -4.17. The van der Waals surface area contributed by atoms with Gasteiger partial charge in [-0.25, -0.2) is 4.79 Å². The first-order chi connectivity index (χ1) is 14.9. The summed E-state index contributed by atoms with van der Waals surface area (Å²) in [5.41, 5.74) is 4.94. The second-order valence-electron chi connectivity index (χ2n) is 7.25. The first-order valence-corrected chi connectivity index (χ1v) is 9.75. The molecule has 0 atom stereocenters. The highest BCUT2D eigenvalue weighted by atomic mass is 16.5. The lowest BCUT2D eigenvalue weighted by Crippen LogP contribution is -2.13. The quantitative estimate of drug-likeness (QED) is 0.265. The highest BCUT2D eigenvalue weighted by molar-refractivity contribution is 6.09. The number of anilines is 1. The Bertz CT molecular complexity index is 1180. The molecule has 154 valence electrons. The zero-order chi connectivity index (χ0) is 22.4. The summed E-state index contributed by atoms with van der Waals surface area (Å²) in [6.45, 7) is 5.89. The molecule has 0 spiro atoms. The van der Waals surface area contributed by atoms with Crippen molar-refractivity contribution in [1.29, 1.82) is 5.26 Å². The molecule has 0 bridgehead atoms. The molecule has 0 heterocycles. The Balaban J connectivity index is 1.69. The van der Waals surface area contributed by atoms with E-state index in [1.807, 2.05) is 51.1 Å². The van der Waals surface area contributed by atoms with Crippen molar-refractivity contribution in [3.05, 3.63) is 100 Å². The number of aryl methyl sites for hydroxylation is 3. The minimum Gasteiger partial charge on any atom is -0.423 e. The number of rotatable bonds is 5. The van der Waals surface area contributed by atoms with Crippen LogP contribution in [0.2, 0.25) is 0 Å². The number of hydrogen-bond acceptors (Lipinski definition) is 4. The number of amides is 1. The van der Waals surface area contributed by atoms with Crippen LogP contribution >= 0.6 is 0 Å². The molecule has 5 nitrogen and oxygen atoms in total. The summed E-state index contributed by atoms with van der Waals surface area (Å²) < 4.78 is 5.37. The zero-order valence-corrected chi connectivity index (χ0v) is 17.6. The van der Waals surface area contributed by atoms with Crippen LogP contribution in [0.5, 0.6) is 5.75 Å². The minimum atomic E-state index is -0.486. The van der Waals surface area contributed by atoms with Crippen molar-refractivity contribution in [2.45, 2.75) is 20.8 Å². The first kappa shape index (κ1) is 21.5. The van der Waals surface area contributed by atoms with Gasteiger partial charge in [-0.1, -0.05) is 35.9 Å². The van der Waals surface area contributed by atoms with Crippen LogP contribution in [0.15, 0.2) is 72.3 Å². The zero-order valence-electron chi connectivity index (χ0n) is 17.6. The number of nitrogens with one attached hydrogen (secondary N) is 1. The molecule has 0 aliphatic rings. The van der Waals surface area contributed by atoms with Gasteiger partial charge in [0, 0.05) is 5.69 Å². The largest absolute Gasteiger partial charge is 0.423 e. The van der Waals surface area contributed by atoms with E-state index in [1.54, 1.807) is 42.5 Å². The third kappa shape index (κ3) is 5.68. The predicted octanol–water partition coefficient (Wildman–Crippen LogP) is 5.38. The third-order valence-electron chi connectivity index (χ3n) is 4.82. The van der Waals surface area contributed by atoms with E-state index in [0.717, 1.165) is 16.7 Å². The molecule has 0 fully saturated rings. The van der Waals surface area contributed by atoms with Crippen LogP contribution in [-0.4, -0.2) is 11.9 Å². The average molecular weight is 410 g/mol. The molecule has 0 radical (unpaired) electrons. The van der Waals surface area contributed by atoms with E-state index >= 15 is 0 Å². The van der Waals surface area contributed by atoms with Gasteiger partial charge in [-0.2, -0.15) is 5.26 Å². The molecule has 1 amide bonds. The summed E-state index contributed by atoms with van der Waals surface area (Å²) in [4.78, 5) is 24.7. The lowest BCUT2D eigenvalue weighted by Gasteiger charge is -2.07.